The summed E-state index contributed by atoms with van der Waals surface area (Å²) in [7, 11) is 0. The number of ether oxygens (including phenoxy) is 1. The van der Waals surface area contributed by atoms with Gasteiger partial charge in [0.25, 0.3) is 0 Å². The first-order chi connectivity index (χ1) is 8.72. The molecule has 1 unspecified atom stereocenters. The lowest BCUT2D eigenvalue weighted by molar-refractivity contribution is -0.140. The zero-order valence-corrected chi connectivity index (χ0v) is 10.7. The Balaban J connectivity index is 2.02. The van der Waals surface area contributed by atoms with Gasteiger partial charge in [-0.1, -0.05) is 37.3 Å². The highest BCUT2D eigenvalue weighted by Crippen LogP contribution is 2.16. The summed E-state index contributed by atoms with van der Waals surface area (Å²) in [6, 6.07) is 8.93. The summed E-state index contributed by atoms with van der Waals surface area (Å²) in [6.45, 7) is 3.95. The van der Waals surface area contributed by atoms with E-state index >= 15 is 0 Å². The Labute approximate surface area is 108 Å². The van der Waals surface area contributed by atoms with Crippen molar-refractivity contribution in [1.82, 2.24) is 4.90 Å². The summed E-state index contributed by atoms with van der Waals surface area (Å²) in [5, 5.41) is 0. The van der Waals surface area contributed by atoms with Crippen LogP contribution in [-0.4, -0.2) is 36.6 Å². The number of carbonyl (C=O) groups excluding carboxylic acids is 1. The predicted molar refractivity (Wildman–Crippen MR) is 70.0 cm³/mol. The number of hydrogen-bond donors (Lipinski definition) is 1. The van der Waals surface area contributed by atoms with Crippen molar-refractivity contribution in [2.75, 3.05) is 19.7 Å². The molecule has 0 aliphatic carbocycles. The van der Waals surface area contributed by atoms with Crippen molar-refractivity contribution < 1.29 is 9.53 Å². The van der Waals surface area contributed by atoms with E-state index in [9.17, 15) is 4.79 Å². The van der Waals surface area contributed by atoms with Gasteiger partial charge in [0, 0.05) is 13.1 Å². The smallest absolute Gasteiger partial charge is 0.244 e. The predicted octanol–water partition coefficient (Wildman–Crippen LogP) is 1.32. The third-order valence-corrected chi connectivity index (χ3v) is 3.33. The van der Waals surface area contributed by atoms with E-state index in [0.29, 0.717) is 19.7 Å². The van der Waals surface area contributed by atoms with Crippen LogP contribution in [0.15, 0.2) is 30.3 Å². The van der Waals surface area contributed by atoms with Gasteiger partial charge in [0.1, 0.15) is 6.04 Å². The van der Waals surface area contributed by atoms with E-state index in [2.05, 4.69) is 6.92 Å². The van der Waals surface area contributed by atoms with Gasteiger partial charge >= 0.3 is 0 Å². The summed E-state index contributed by atoms with van der Waals surface area (Å²) in [5.41, 5.74) is 6.89. The van der Waals surface area contributed by atoms with Gasteiger partial charge in [-0.3, -0.25) is 4.79 Å². The second kappa shape index (κ2) is 5.98. The summed E-state index contributed by atoms with van der Waals surface area (Å²) in [5.74, 6) is -0.0112. The first-order valence-electron chi connectivity index (χ1n) is 6.43. The van der Waals surface area contributed by atoms with Crippen LogP contribution in [0.25, 0.3) is 0 Å². The summed E-state index contributed by atoms with van der Waals surface area (Å²) in [6.07, 6.45) is 1.07. The molecule has 4 nitrogen and oxygen atoms in total. The van der Waals surface area contributed by atoms with E-state index in [1.807, 2.05) is 35.2 Å². The number of nitrogens with zero attached hydrogens (tertiary/aromatic N) is 1. The van der Waals surface area contributed by atoms with Gasteiger partial charge in [0.2, 0.25) is 5.91 Å². The minimum Gasteiger partial charge on any atom is -0.375 e. The Hall–Kier alpha value is -1.39. The molecule has 1 aromatic carbocycles. The van der Waals surface area contributed by atoms with Crippen LogP contribution < -0.4 is 5.73 Å². The van der Waals surface area contributed by atoms with Crippen LogP contribution in [-0.2, 0) is 9.53 Å². The average Bonchev–Trinajstić information content (AvgIpc) is 2.46. The molecule has 2 N–H and O–H groups in total. The van der Waals surface area contributed by atoms with E-state index in [4.69, 9.17) is 10.5 Å². The average molecular weight is 248 g/mol. The molecule has 1 saturated heterocycles. The van der Waals surface area contributed by atoms with E-state index in [-0.39, 0.29) is 12.0 Å². The lowest BCUT2D eigenvalue weighted by Gasteiger charge is -2.34. The highest BCUT2D eigenvalue weighted by atomic mass is 16.5. The van der Waals surface area contributed by atoms with Crippen molar-refractivity contribution in [3.63, 3.8) is 0 Å². The van der Waals surface area contributed by atoms with Crippen LogP contribution in [0.2, 0.25) is 0 Å². The van der Waals surface area contributed by atoms with Crippen molar-refractivity contribution >= 4 is 5.91 Å². The lowest BCUT2D eigenvalue weighted by Crippen LogP contribution is -2.48. The topological polar surface area (TPSA) is 55.6 Å². The molecule has 0 saturated carbocycles. The third kappa shape index (κ3) is 2.89. The Morgan fingerprint density at radius 2 is 2.22 bits per heavy atom. The molecule has 2 atom stereocenters. The number of nitrogens with two attached hydrogens (primary N) is 1. The second-order valence-electron chi connectivity index (χ2n) is 4.57. The van der Waals surface area contributed by atoms with Crippen LogP contribution in [0.5, 0.6) is 0 Å². The second-order valence-corrected chi connectivity index (χ2v) is 4.57. The number of rotatable bonds is 3. The summed E-state index contributed by atoms with van der Waals surface area (Å²) < 4.78 is 5.56. The first kappa shape index (κ1) is 13.1. The highest BCUT2D eigenvalue weighted by molar-refractivity contribution is 5.83. The molecule has 0 bridgehead atoms. The molecule has 18 heavy (non-hydrogen) atoms. The van der Waals surface area contributed by atoms with Crippen LogP contribution in [0.1, 0.15) is 24.9 Å². The summed E-state index contributed by atoms with van der Waals surface area (Å²) in [4.78, 5) is 14.1. The van der Waals surface area contributed by atoms with E-state index in [0.717, 1.165) is 12.0 Å². The van der Waals surface area contributed by atoms with Gasteiger partial charge in [-0.05, 0) is 12.0 Å². The maximum absolute atomic E-state index is 12.3. The standard InChI is InChI=1S/C14H20N2O2/c1-2-12-10-16(8-9-18-12)14(17)13(15)11-6-4-3-5-7-11/h3-7,12-13H,2,8-10,15H2,1H3/t12?,13-/m0/s1. The van der Waals surface area contributed by atoms with Gasteiger partial charge in [0.15, 0.2) is 0 Å². The molecule has 1 heterocycles. The number of benzene rings is 1. The van der Waals surface area contributed by atoms with Crippen LogP contribution in [0.3, 0.4) is 0 Å². The minimum absolute atomic E-state index is 0.0112. The number of carbonyl (C=O) groups is 1. The van der Waals surface area contributed by atoms with Crippen molar-refractivity contribution in [2.45, 2.75) is 25.5 Å². The van der Waals surface area contributed by atoms with Gasteiger partial charge in [-0.2, -0.15) is 0 Å². The van der Waals surface area contributed by atoms with Crippen LogP contribution >= 0.6 is 0 Å². The first-order valence-corrected chi connectivity index (χ1v) is 6.43. The fraction of sp³-hybridized carbons (Fsp3) is 0.500. The number of hydrogen-bond acceptors (Lipinski definition) is 3. The molecule has 98 valence electrons. The Kier molecular flexibility index (Phi) is 4.33. The van der Waals surface area contributed by atoms with E-state index in [1.165, 1.54) is 0 Å². The Morgan fingerprint density at radius 1 is 1.50 bits per heavy atom. The molecule has 1 aromatic rings. The van der Waals surface area contributed by atoms with Crippen molar-refractivity contribution in [2.24, 2.45) is 5.73 Å². The fourth-order valence-electron chi connectivity index (χ4n) is 2.17. The normalized spacial score (nSPS) is 21.7. The van der Waals surface area contributed by atoms with Gasteiger partial charge in [-0.25, -0.2) is 0 Å². The molecule has 0 aromatic heterocycles. The Morgan fingerprint density at radius 3 is 2.89 bits per heavy atom. The highest BCUT2D eigenvalue weighted by Gasteiger charge is 2.27. The van der Waals surface area contributed by atoms with E-state index in [1.54, 1.807) is 0 Å². The lowest BCUT2D eigenvalue weighted by atomic mass is 10.1. The molecule has 2 rings (SSSR count). The quantitative estimate of drug-likeness (QED) is 0.878. The van der Waals surface area contributed by atoms with Gasteiger partial charge in [0.05, 0.1) is 12.7 Å². The van der Waals surface area contributed by atoms with Gasteiger partial charge < -0.3 is 15.4 Å². The maximum atomic E-state index is 12.3. The largest absolute Gasteiger partial charge is 0.375 e. The van der Waals surface area contributed by atoms with Crippen molar-refractivity contribution in [1.29, 1.82) is 0 Å². The minimum atomic E-state index is -0.568. The molecule has 1 amide bonds. The maximum Gasteiger partial charge on any atom is 0.244 e. The zero-order chi connectivity index (χ0) is 13.0. The third-order valence-electron chi connectivity index (χ3n) is 3.33. The molecule has 1 aliphatic rings. The van der Waals surface area contributed by atoms with Gasteiger partial charge in [-0.15, -0.1) is 0 Å². The number of morpholine rings is 1. The molecular formula is C14H20N2O2. The molecule has 1 fully saturated rings. The van der Waals surface area contributed by atoms with Crippen LogP contribution in [0.4, 0.5) is 0 Å². The Bertz CT molecular complexity index is 394. The monoisotopic (exact) mass is 248 g/mol. The van der Waals surface area contributed by atoms with E-state index < -0.39 is 6.04 Å². The van der Waals surface area contributed by atoms with Crippen LogP contribution in [0, 0.1) is 0 Å². The zero-order valence-electron chi connectivity index (χ0n) is 10.7. The fourth-order valence-corrected chi connectivity index (χ4v) is 2.17. The number of amides is 1. The molecule has 1 aliphatic heterocycles. The molecule has 0 spiro atoms. The van der Waals surface area contributed by atoms with Crippen molar-refractivity contribution in [3.8, 4) is 0 Å². The van der Waals surface area contributed by atoms with Crippen molar-refractivity contribution in [3.05, 3.63) is 35.9 Å². The molecule has 4 heteroatoms. The summed E-state index contributed by atoms with van der Waals surface area (Å²) >= 11 is 0. The molecular weight excluding hydrogens is 228 g/mol. The SMILES string of the molecule is CCC1CN(C(=O)[C@@H](N)c2ccccc2)CCO1. The molecule has 0 radical (unpaired) electrons.